The maximum atomic E-state index is 13.6. The lowest BCUT2D eigenvalue weighted by Crippen LogP contribution is -2.31. The molecule has 0 saturated carbocycles. The first-order chi connectivity index (χ1) is 16.3. The van der Waals surface area contributed by atoms with Gasteiger partial charge in [-0.15, -0.1) is 11.6 Å². The molecule has 0 aliphatic heterocycles. The number of halogens is 1. The minimum atomic E-state index is -1.56. The maximum Gasteiger partial charge on any atom is 0.338 e. The largest absolute Gasteiger partial charge is 0.452 e. The Morgan fingerprint density at radius 3 is 2.26 bits per heavy atom. The number of nitro benzene ring substituents is 1. The van der Waals surface area contributed by atoms with Gasteiger partial charge >= 0.3 is 5.97 Å². The molecule has 0 radical (unpaired) electrons. The van der Waals surface area contributed by atoms with Gasteiger partial charge in [0.2, 0.25) is 0 Å². The molecule has 0 aliphatic rings. The molecule has 3 unspecified atom stereocenters. The summed E-state index contributed by atoms with van der Waals surface area (Å²) in [6, 6.07) is 12.6. The Kier molecular flexibility index (Phi) is 11.4. The summed E-state index contributed by atoms with van der Waals surface area (Å²) < 4.78 is 19.5. The number of aryl methyl sites for hydroxylation is 1. The van der Waals surface area contributed by atoms with Gasteiger partial charge in [0, 0.05) is 17.0 Å². The second-order valence-corrected chi connectivity index (χ2v) is 10.2. The van der Waals surface area contributed by atoms with E-state index in [9.17, 15) is 19.1 Å². The number of allylic oxidation sites excluding steroid dienone is 1. The van der Waals surface area contributed by atoms with Gasteiger partial charge in [0.25, 0.3) is 5.69 Å². The second-order valence-electron chi connectivity index (χ2n) is 8.12. The van der Waals surface area contributed by atoms with Crippen molar-refractivity contribution in [3.8, 4) is 0 Å². The van der Waals surface area contributed by atoms with Gasteiger partial charge in [0.1, 0.15) is 0 Å². The minimum absolute atomic E-state index is 0.119. The fourth-order valence-electron chi connectivity index (χ4n) is 3.31. The monoisotopic (exact) mass is 505 g/mol. The van der Waals surface area contributed by atoms with Gasteiger partial charge in [-0.2, -0.15) is 0 Å². The van der Waals surface area contributed by atoms with Crippen molar-refractivity contribution >= 4 is 34.1 Å². The molecule has 34 heavy (non-hydrogen) atoms. The molecule has 0 aliphatic carbocycles. The van der Waals surface area contributed by atoms with Crippen molar-refractivity contribution in [1.82, 2.24) is 0 Å². The highest BCUT2D eigenvalue weighted by atomic mass is 35.5. The van der Waals surface area contributed by atoms with Gasteiger partial charge in [-0.3, -0.25) is 10.1 Å². The van der Waals surface area contributed by atoms with Crippen molar-refractivity contribution in [1.29, 1.82) is 0 Å². The van der Waals surface area contributed by atoms with Gasteiger partial charge in [-0.1, -0.05) is 63.3 Å². The van der Waals surface area contributed by atoms with E-state index in [1.807, 2.05) is 44.2 Å². The first-order valence-corrected chi connectivity index (χ1v) is 13.1. The zero-order valence-electron chi connectivity index (χ0n) is 19.9. The highest BCUT2D eigenvalue weighted by Gasteiger charge is 2.31. The van der Waals surface area contributed by atoms with Crippen LogP contribution in [0, 0.1) is 17.0 Å². The normalized spacial score (nSPS) is 14.3. The van der Waals surface area contributed by atoms with E-state index in [4.69, 9.17) is 16.3 Å². The number of carbonyl (C=O) groups is 1. The summed E-state index contributed by atoms with van der Waals surface area (Å²) in [4.78, 5) is 24.5. The van der Waals surface area contributed by atoms with Crippen LogP contribution in [0.5, 0.6) is 0 Å². The van der Waals surface area contributed by atoms with Crippen LogP contribution in [0.15, 0.2) is 64.4 Å². The zero-order chi connectivity index (χ0) is 25.1. The van der Waals surface area contributed by atoms with Crippen molar-refractivity contribution in [3.05, 3.63) is 80.8 Å². The smallest absolute Gasteiger partial charge is 0.338 e. The molecule has 0 spiro atoms. The molecule has 2 aromatic carbocycles. The van der Waals surface area contributed by atoms with Crippen molar-refractivity contribution in [2.45, 2.75) is 75.7 Å². The Balaban J connectivity index is 2.41. The number of nitrogens with zero attached hydrogens (tertiary/aromatic N) is 1. The Morgan fingerprint density at radius 2 is 1.71 bits per heavy atom. The predicted octanol–water partition coefficient (Wildman–Crippen LogP) is 7.11. The van der Waals surface area contributed by atoms with Crippen LogP contribution in [0.4, 0.5) is 5.69 Å². The predicted molar refractivity (Wildman–Crippen MR) is 137 cm³/mol. The van der Waals surface area contributed by atoms with Crippen molar-refractivity contribution in [2.75, 3.05) is 0 Å². The van der Waals surface area contributed by atoms with Crippen LogP contribution in [-0.2, 0) is 15.5 Å². The number of esters is 1. The van der Waals surface area contributed by atoms with Gasteiger partial charge in [-0.05, 0) is 44.0 Å². The molecule has 0 aromatic heterocycles. The number of alkyl halides is 1. The number of hydrogen-bond acceptors (Lipinski definition) is 5. The molecule has 0 bridgehead atoms. The molecule has 0 saturated heterocycles. The van der Waals surface area contributed by atoms with Gasteiger partial charge in [0.15, 0.2) is 6.10 Å². The standard InChI is InChI=1S/C26H32ClNO5S/c1-4-6-8-10-24(34(32)22-17-11-19(3)12-18-22)25(23(27)9-7-5-2)33-26(29)20-13-15-21(16-14-20)28(30)31/h10-18,23,25H,4-9H2,1-3H3. The molecule has 0 heterocycles. The zero-order valence-corrected chi connectivity index (χ0v) is 21.4. The molecule has 3 atom stereocenters. The number of carbonyl (C=O) groups excluding carboxylic acids is 1. The summed E-state index contributed by atoms with van der Waals surface area (Å²) in [6.07, 6.45) is 5.89. The lowest BCUT2D eigenvalue weighted by Gasteiger charge is -2.25. The van der Waals surface area contributed by atoms with Crippen molar-refractivity contribution in [3.63, 3.8) is 0 Å². The van der Waals surface area contributed by atoms with Crippen LogP contribution in [0.3, 0.4) is 0 Å². The molecule has 2 rings (SSSR count). The van der Waals surface area contributed by atoms with E-state index in [-0.39, 0.29) is 11.3 Å². The fraction of sp³-hybridized carbons (Fsp3) is 0.423. The van der Waals surface area contributed by atoms with E-state index < -0.39 is 33.2 Å². The van der Waals surface area contributed by atoms with Crippen LogP contribution >= 0.6 is 11.6 Å². The summed E-state index contributed by atoms with van der Waals surface area (Å²) in [7, 11) is -1.56. The highest BCUT2D eigenvalue weighted by Crippen LogP contribution is 2.29. The number of nitro groups is 1. The molecular formula is C26H32ClNO5S. The van der Waals surface area contributed by atoms with Crippen LogP contribution in [0.1, 0.15) is 68.3 Å². The molecule has 0 fully saturated rings. The molecular weight excluding hydrogens is 474 g/mol. The SMILES string of the molecule is CCCCC=C(C(OC(=O)c1ccc([N+](=O)[O-])cc1)C(Cl)CCCC)S(=O)c1ccc(C)cc1. The third-order valence-electron chi connectivity index (χ3n) is 5.34. The quantitative estimate of drug-likeness (QED) is 0.0951. The van der Waals surface area contributed by atoms with Gasteiger partial charge < -0.3 is 4.74 Å². The van der Waals surface area contributed by atoms with E-state index in [2.05, 4.69) is 6.92 Å². The Hall–Kier alpha value is -2.51. The third-order valence-corrected chi connectivity index (χ3v) is 7.32. The third kappa shape index (κ3) is 8.06. The topological polar surface area (TPSA) is 86.5 Å². The van der Waals surface area contributed by atoms with E-state index >= 15 is 0 Å². The van der Waals surface area contributed by atoms with Crippen LogP contribution in [0.25, 0.3) is 0 Å². The van der Waals surface area contributed by atoms with Gasteiger partial charge in [-0.25, -0.2) is 9.00 Å². The first-order valence-electron chi connectivity index (χ1n) is 11.6. The van der Waals surface area contributed by atoms with E-state index in [1.54, 1.807) is 0 Å². The average molecular weight is 506 g/mol. The average Bonchev–Trinajstić information content (AvgIpc) is 2.84. The minimum Gasteiger partial charge on any atom is -0.452 e. The summed E-state index contributed by atoms with van der Waals surface area (Å²) in [5, 5.41) is 10.4. The van der Waals surface area contributed by atoms with Crippen LogP contribution in [0.2, 0.25) is 0 Å². The van der Waals surface area contributed by atoms with Crippen LogP contribution in [-0.4, -0.2) is 26.6 Å². The molecule has 2 aromatic rings. The molecule has 184 valence electrons. The first kappa shape index (κ1) is 27.7. The Morgan fingerprint density at radius 1 is 1.09 bits per heavy atom. The highest BCUT2D eigenvalue weighted by molar-refractivity contribution is 7.89. The van der Waals surface area contributed by atoms with E-state index in [1.165, 1.54) is 24.3 Å². The number of benzene rings is 2. The van der Waals surface area contributed by atoms with E-state index in [0.717, 1.165) is 31.2 Å². The fourth-order valence-corrected chi connectivity index (χ4v) is 5.07. The van der Waals surface area contributed by atoms with Crippen molar-refractivity contribution in [2.24, 2.45) is 0 Å². The lowest BCUT2D eigenvalue weighted by atomic mass is 10.1. The molecule has 8 heteroatoms. The van der Waals surface area contributed by atoms with Gasteiger partial charge in [0.05, 0.1) is 31.6 Å². The summed E-state index contributed by atoms with van der Waals surface area (Å²) in [5.74, 6) is -0.663. The summed E-state index contributed by atoms with van der Waals surface area (Å²) >= 11 is 6.75. The maximum absolute atomic E-state index is 13.6. The Bertz CT molecular complexity index is 1000. The van der Waals surface area contributed by atoms with E-state index in [0.29, 0.717) is 22.6 Å². The number of rotatable bonds is 13. The number of non-ortho nitro benzene ring substituents is 1. The van der Waals surface area contributed by atoms with Crippen LogP contribution < -0.4 is 0 Å². The summed E-state index contributed by atoms with van der Waals surface area (Å²) in [6.45, 7) is 6.07. The number of hydrogen-bond donors (Lipinski definition) is 0. The summed E-state index contributed by atoms with van der Waals surface area (Å²) in [5.41, 5.74) is 1.10. The molecule has 0 amide bonds. The lowest BCUT2D eigenvalue weighted by molar-refractivity contribution is -0.384. The number of unbranched alkanes of at least 4 members (excludes halogenated alkanes) is 3. The Labute approximate surface area is 209 Å². The number of ether oxygens (including phenoxy) is 1. The van der Waals surface area contributed by atoms with Crippen molar-refractivity contribution < 1.29 is 18.7 Å². The second kappa shape index (κ2) is 14.0. The molecule has 6 nitrogen and oxygen atoms in total. The molecule has 0 N–H and O–H groups in total.